The van der Waals surface area contributed by atoms with Crippen LogP contribution < -0.4 is 0 Å². The molecule has 125 valence electrons. The molecule has 1 radical (unpaired) electrons. The zero-order valence-electron chi connectivity index (χ0n) is 15.7. The summed E-state index contributed by atoms with van der Waals surface area (Å²) in [6.07, 6.45) is 10.7. The van der Waals surface area contributed by atoms with Crippen molar-refractivity contribution in [3.63, 3.8) is 0 Å². The molecule has 1 nitrogen and oxygen atoms in total. The lowest BCUT2D eigenvalue weighted by molar-refractivity contribution is 0.0940. The van der Waals surface area contributed by atoms with Gasteiger partial charge in [-0.15, -0.1) is 0 Å². The third-order valence-corrected chi connectivity index (χ3v) is 6.44. The summed E-state index contributed by atoms with van der Waals surface area (Å²) in [6, 6.07) is 1.46. The van der Waals surface area contributed by atoms with Crippen molar-refractivity contribution < 1.29 is 0 Å². The van der Waals surface area contributed by atoms with Gasteiger partial charge < -0.3 is 4.90 Å². The van der Waals surface area contributed by atoms with Crippen molar-refractivity contribution in [1.82, 2.24) is 4.90 Å². The van der Waals surface area contributed by atoms with Crippen molar-refractivity contribution in [2.24, 2.45) is 5.92 Å². The SMILES string of the molecule is C=C1CCC2C(CCCC3(C)[B]C23)N1C(C)CC.CCCC. The first-order valence-corrected chi connectivity index (χ1v) is 9.80. The maximum Gasteiger partial charge on any atom is 0.121 e. The molecule has 0 aromatic rings. The van der Waals surface area contributed by atoms with Crippen LogP contribution in [0.2, 0.25) is 11.1 Å². The van der Waals surface area contributed by atoms with E-state index in [4.69, 9.17) is 0 Å². The second-order valence-electron chi connectivity index (χ2n) is 8.09. The molecule has 2 saturated heterocycles. The van der Waals surface area contributed by atoms with E-state index >= 15 is 0 Å². The number of rotatable bonds is 3. The van der Waals surface area contributed by atoms with Crippen LogP contribution >= 0.6 is 0 Å². The molecule has 22 heavy (non-hydrogen) atoms. The van der Waals surface area contributed by atoms with Crippen molar-refractivity contribution in [2.75, 3.05) is 0 Å². The Morgan fingerprint density at radius 3 is 2.55 bits per heavy atom. The summed E-state index contributed by atoms with van der Waals surface area (Å²) in [5.41, 5.74) is 1.41. The van der Waals surface area contributed by atoms with E-state index in [-0.39, 0.29) is 0 Å². The zero-order chi connectivity index (χ0) is 16.3. The average molecular weight is 302 g/mol. The van der Waals surface area contributed by atoms with Gasteiger partial charge in [0.15, 0.2) is 0 Å². The minimum absolute atomic E-state index is 0.596. The minimum Gasteiger partial charge on any atom is -0.369 e. The topological polar surface area (TPSA) is 3.24 Å². The van der Waals surface area contributed by atoms with E-state index in [9.17, 15) is 0 Å². The molecule has 0 bridgehead atoms. The highest BCUT2D eigenvalue weighted by atomic mass is 15.2. The molecule has 3 fully saturated rings. The van der Waals surface area contributed by atoms with Gasteiger partial charge in [0.05, 0.1) is 0 Å². The smallest absolute Gasteiger partial charge is 0.121 e. The lowest BCUT2D eigenvalue weighted by atomic mass is 9.76. The first-order valence-electron chi connectivity index (χ1n) is 9.80. The molecule has 3 aliphatic rings. The van der Waals surface area contributed by atoms with Crippen LogP contribution in [-0.4, -0.2) is 24.3 Å². The predicted octanol–water partition coefficient (Wildman–Crippen LogP) is 6.05. The average Bonchev–Trinajstić information content (AvgIpc) is 3.19. The molecule has 2 heterocycles. The number of nitrogens with zero attached hydrogens (tertiary/aromatic N) is 1. The van der Waals surface area contributed by atoms with Crippen molar-refractivity contribution in [1.29, 1.82) is 0 Å². The molecular formula is C20H37BN. The van der Waals surface area contributed by atoms with Crippen molar-refractivity contribution in [3.05, 3.63) is 12.3 Å². The lowest BCUT2D eigenvalue weighted by Gasteiger charge is -2.47. The minimum atomic E-state index is 0.596. The molecule has 0 N–H and O–H groups in total. The Hall–Kier alpha value is -0.395. The maximum atomic E-state index is 4.36. The standard InChI is InChI=1S/C16H27BN.C4H10/c1-5-11(2)18-12(3)8-9-13-14(18)7-6-10-16(4)15(13)17-16;1-3-4-2/h11,13-15H,3,5-10H2,1-2,4H3;3-4H2,1-2H3. The van der Waals surface area contributed by atoms with E-state index in [2.05, 4.69) is 53.4 Å². The molecular weight excluding hydrogens is 265 g/mol. The molecule has 5 unspecified atom stereocenters. The predicted molar refractivity (Wildman–Crippen MR) is 99.5 cm³/mol. The molecule has 5 atom stereocenters. The van der Waals surface area contributed by atoms with Crippen molar-refractivity contribution >= 4 is 7.28 Å². The van der Waals surface area contributed by atoms with Gasteiger partial charge in [-0.1, -0.05) is 71.1 Å². The van der Waals surface area contributed by atoms with E-state index in [0.29, 0.717) is 11.4 Å². The van der Waals surface area contributed by atoms with E-state index in [0.717, 1.165) is 17.8 Å². The van der Waals surface area contributed by atoms with Gasteiger partial charge in [0.1, 0.15) is 7.28 Å². The van der Waals surface area contributed by atoms with Gasteiger partial charge in [0.2, 0.25) is 0 Å². The van der Waals surface area contributed by atoms with Crippen LogP contribution in [0, 0.1) is 5.92 Å². The molecule has 1 aliphatic carbocycles. The Morgan fingerprint density at radius 2 is 1.95 bits per heavy atom. The Balaban J connectivity index is 0.000000396. The molecule has 0 spiro atoms. The summed E-state index contributed by atoms with van der Waals surface area (Å²) in [7, 11) is 2.65. The normalized spacial score (nSPS) is 37.8. The van der Waals surface area contributed by atoms with Gasteiger partial charge in [-0.25, -0.2) is 0 Å². The Bertz CT molecular complexity index is 378. The molecule has 0 aromatic heterocycles. The monoisotopic (exact) mass is 302 g/mol. The third kappa shape index (κ3) is 3.57. The first kappa shape index (κ1) is 18.0. The van der Waals surface area contributed by atoms with Gasteiger partial charge in [-0.05, 0) is 38.5 Å². The largest absolute Gasteiger partial charge is 0.369 e. The fourth-order valence-electron chi connectivity index (χ4n) is 4.62. The number of piperidine rings is 1. The first-order chi connectivity index (χ1) is 10.5. The lowest BCUT2D eigenvalue weighted by Crippen LogP contribution is -2.47. The number of hydrogen-bond acceptors (Lipinski definition) is 1. The number of likely N-dealkylation sites (tertiary alicyclic amines) is 1. The fraction of sp³-hybridized carbons (Fsp3) is 0.900. The summed E-state index contributed by atoms with van der Waals surface area (Å²) < 4.78 is 0. The second kappa shape index (κ2) is 7.45. The molecule has 2 aliphatic heterocycles. The molecule has 2 heteroatoms. The highest BCUT2D eigenvalue weighted by molar-refractivity contribution is 6.56. The number of unbranched alkanes of at least 4 members (excludes halogenated alkanes) is 1. The maximum absolute atomic E-state index is 4.36. The quantitative estimate of drug-likeness (QED) is 0.573. The van der Waals surface area contributed by atoms with Crippen LogP contribution in [0.5, 0.6) is 0 Å². The van der Waals surface area contributed by atoms with Crippen molar-refractivity contribution in [2.45, 2.75) is 109 Å². The summed E-state index contributed by atoms with van der Waals surface area (Å²) in [4.78, 5) is 2.70. The molecule has 1 saturated carbocycles. The van der Waals surface area contributed by atoms with Gasteiger partial charge in [0.25, 0.3) is 0 Å². The molecule has 3 rings (SSSR count). The van der Waals surface area contributed by atoms with Gasteiger partial charge in [0, 0.05) is 17.8 Å². The number of hydrogen-bond donors (Lipinski definition) is 0. The number of allylic oxidation sites excluding steroid dienone is 1. The molecule has 0 amide bonds. The third-order valence-electron chi connectivity index (χ3n) is 6.44. The summed E-state index contributed by atoms with van der Waals surface area (Å²) in [5, 5.41) is 0.596. The van der Waals surface area contributed by atoms with Gasteiger partial charge in [-0.3, -0.25) is 0 Å². The second-order valence-corrected chi connectivity index (χ2v) is 8.09. The summed E-state index contributed by atoms with van der Waals surface area (Å²) in [5.74, 6) is 1.82. The Morgan fingerprint density at radius 1 is 1.27 bits per heavy atom. The molecule has 0 aromatic carbocycles. The van der Waals surface area contributed by atoms with E-state index in [1.54, 1.807) is 0 Å². The van der Waals surface area contributed by atoms with E-state index < -0.39 is 0 Å². The van der Waals surface area contributed by atoms with Crippen LogP contribution in [0.4, 0.5) is 0 Å². The van der Waals surface area contributed by atoms with Crippen LogP contribution in [-0.2, 0) is 0 Å². The summed E-state index contributed by atoms with van der Waals surface area (Å²) >= 11 is 0. The fourth-order valence-corrected chi connectivity index (χ4v) is 4.62. The van der Waals surface area contributed by atoms with Crippen LogP contribution in [0.1, 0.15) is 86.0 Å². The van der Waals surface area contributed by atoms with Gasteiger partial charge >= 0.3 is 0 Å². The van der Waals surface area contributed by atoms with Crippen molar-refractivity contribution in [3.8, 4) is 0 Å². The zero-order valence-corrected chi connectivity index (χ0v) is 15.7. The van der Waals surface area contributed by atoms with E-state index in [1.807, 2.05) is 0 Å². The van der Waals surface area contributed by atoms with Crippen LogP contribution in [0.3, 0.4) is 0 Å². The van der Waals surface area contributed by atoms with Crippen LogP contribution in [0.15, 0.2) is 12.3 Å². The highest BCUT2D eigenvalue weighted by Crippen LogP contribution is 2.68. The van der Waals surface area contributed by atoms with E-state index in [1.165, 1.54) is 57.1 Å². The Kier molecular flexibility index (Phi) is 6.08. The number of fused-ring (bicyclic) bond motifs is 3. The van der Waals surface area contributed by atoms with Crippen LogP contribution in [0.25, 0.3) is 0 Å². The highest BCUT2D eigenvalue weighted by Gasteiger charge is 2.58. The van der Waals surface area contributed by atoms with Gasteiger partial charge in [-0.2, -0.15) is 0 Å². The Labute approximate surface area is 140 Å². The summed E-state index contributed by atoms with van der Waals surface area (Å²) in [6.45, 7) is 15.9.